The largest absolute Gasteiger partial charge is 0.497 e. The zero-order valence-corrected chi connectivity index (χ0v) is 16.0. The molecule has 0 radical (unpaired) electrons. The number of anilines is 1. The van der Waals surface area contributed by atoms with Crippen molar-refractivity contribution in [2.75, 3.05) is 45.3 Å². The van der Waals surface area contributed by atoms with Gasteiger partial charge in [0.25, 0.3) is 5.91 Å². The first-order valence-corrected chi connectivity index (χ1v) is 8.93. The number of amides is 1. The average Bonchev–Trinajstić information content (AvgIpc) is 2.67. The number of carbonyl (C=O) groups is 1. The summed E-state index contributed by atoms with van der Waals surface area (Å²) in [4.78, 5) is 17.0. The van der Waals surface area contributed by atoms with Crippen LogP contribution in [0.15, 0.2) is 46.9 Å². The quantitative estimate of drug-likeness (QED) is 0.782. The van der Waals surface area contributed by atoms with E-state index in [-0.39, 0.29) is 5.91 Å². The lowest BCUT2D eigenvalue weighted by Crippen LogP contribution is -2.48. The van der Waals surface area contributed by atoms with Gasteiger partial charge in [-0.25, -0.2) is 0 Å². The number of piperazine rings is 1. The molecule has 0 N–H and O–H groups in total. The van der Waals surface area contributed by atoms with Crippen molar-refractivity contribution in [2.45, 2.75) is 0 Å². The Morgan fingerprint density at radius 2 is 1.48 bits per heavy atom. The molecular weight excluding hydrogens is 384 g/mol. The zero-order chi connectivity index (χ0) is 17.8. The molecule has 0 aliphatic carbocycles. The van der Waals surface area contributed by atoms with Crippen LogP contribution in [-0.2, 0) is 0 Å². The van der Waals surface area contributed by atoms with Gasteiger partial charge >= 0.3 is 0 Å². The van der Waals surface area contributed by atoms with E-state index in [0.29, 0.717) is 30.2 Å². The van der Waals surface area contributed by atoms with Gasteiger partial charge in [0.1, 0.15) is 11.5 Å². The number of methoxy groups -OCH3 is 2. The molecule has 1 aliphatic heterocycles. The van der Waals surface area contributed by atoms with E-state index in [0.717, 1.165) is 17.6 Å². The molecule has 0 atom stereocenters. The fourth-order valence-electron chi connectivity index (χ4n) is 2.93. The van der Waals surface area contributed by atoms with Crippen LogP contribution in [0.5, 0.6) is 11.5 Å². The van der Waals surface area contributed by atoms with Crippen LogP contribution >= 0.6 is 15.9 Å². The van der Waals surface area contributed by atoms with Crippen LogP contribution in [0.25, 0.3) is 0 Å². The van der Waals surface area contributed by atoms with E-state index >= 15 is 0 Å². The highest BCUT2D eigenvalue weighted by Gasteiger charge is 2.23. The molecule has 1 heterocycles. The van der Waals surface area contributed by atoms with E-state index in [1.165, 1.54) is 5.69 Å². The maximum atomic E-state index is 12.8. The molecular formula is C19H21BrN2O3. The standard InChI is InChI=1S/C19H21BrN2O3/c1-24-17-11-14(12-18(13-17)25-2)19(23)22-9-7-21(8-10-22)16-5-3-15(20)4-6-16/h3-6,11-13H,7-10H2,1-2H3. The summed E-state index contributed by atoms with van der Waals surface area (Å²) < 4.78 is 11.6. The molecule has 6 heteroatoms. The third-order valence-corrected chi connectivity index (χ3v) is 4.89. The van der Waals surface area contributed by atoms with Crippen LogP contribution in [0.3, 0.4) is 0 Å². The number of benzene rings is 2. The maximum absolute atomic E-state index is 12.8. The Hall–Kier alpha value is -2.21. The van der Waals surface area contributed by atoms with Crippen molar-refractivity contribution in [2.24, 2.45) is 0 Å². The molecule has 2 aromatic carbocycles. The highest BCUT2D eigenvalue weighted by atomic mass is 79.9. The van der Waals surface area contributed by atoms with Gasteiger partial charge in [-0.15, -0.1) is 0 Å². The molecule has 2 aromatic rings. The summed E-state index contributed by atoms with van der Waals surface area (Å²) in [5.74, 6) is 1.25. The van der Waals surface area contributed by atoms with Gasteiger partial charge < -0.3 is 19.3 Å². The van der Waals surface area contributed by atoms with Gasteiger partial charge in [0.05, 0.1) is 14.2 Å². The van der Waals surface area contributed by atoms with Crippen molar-refractivity contribution in [3.8, 4) is 11.5 Å². The molecule has 132 valence electrons. The van der Waals surface area contributed by atoms with Gasteiger partial charge in [-0.05, 0) is 36.4 Å². The molecule has 1 saturated heterocycles. The number of ether oxygens (including phenoxy) is 2. The normalized spacial score (nSPS) is 14.4. The van der Waals surface area contributed by atoms with E-state index in [4.69, 9.17) is 9.47 Å². The Morgan fingerprint density at radius 1 is 0.920 bits per heavy atom. The Labute approximate surface area is 156 Å². The van der Waals surface area contributed by atoms with E-state index in [1.54, 1.807) is 32.4 Å². The van der Waals surface area contributed by atoms with Crippen molar-refractivity contribution in [3.63, 3.8) is 0 Å². The molecule has 1 fully saturated rings. The average molecular weight is 405 g/mol. The molecule has 0 spiro atoms. The predicted molar refractivity (Wildman–Crippen MR) is 102 cm³/mol. The SMILES string of the molecule is COc1cc(OC)cc(C(=O)N2CCN(c3ccc(Br)cc3)CC2)c1. The summed E-state index contributed by atoms with van der Waals surface area (Å²) in [5, 5.41) is 0. The Bertz CT molecular complexity index is 719. The topological polar surface area (TPSA) is 42.0 Å². The third kappa shape index (κ3) is 4.07. The molecule has 0 unspecified atom stereocenters. The number of nitrogens with zero attached hydrogens (tertiary/aromatic N) is 2. The summed E-state index contributed by atoms with van der Waals surface area (Å²) in [6.45, 7) is 3.01. The lowest BCUT2D eigenvalue weighted by molar-refractivity contribution is 0.0746. The zero-order valence-electron chi connectivity index (χ0n) is 14.4. The number of halogens is 1. The minimum Gasteiger partial charge on any atom is -0.497 e. The van der Waals surface area contributed by atoms with Crippen molar-refractivity contribution >= 4 is 27.5 Å². The molecule has 5 nitrogen and oxygen atoms in total. The van der Waals surface area contributed by atoms with Crippen molar-refractivity contribution < 1.29 is 14.3 Å². The first-order valence-electron chi connectivity index (χ1n) is 8.13. The number of carbonyl (C=O) groups excluding carboxylic acids is 1. The van der Waals surface area contributed by atoms with E-state index in [2.05, 4.69) is 33.0 Å². The van der Waals surface area contributed by atoms with Crippen LogP contribution in [-0.4, -0.2) is 51.2 Å². The molecule has 0 bridgehead atoms. The van der Waals surface area contributed by atoms with Crippen molar-refractivity contribution in [3.05, 3.63) is 52.5 Å². The maximum Gasteiger partial charge on any atom is 0.254 e. The van der Waals surface area contributed by atoms with Crippen LogP contribution in [0.2, 0.25) is 0 Å². The molecule has 3 rings (SSSR count). The molecule has 25 heavy (non-hydrogen) atoms. The first kappa shape index (κ1) is 17.6. The van der Waals surface area contributed by atoms with Gasteiger partial charge in [-0.1, -0.05) is 15.9 Å². The number of rotatable bonds is 4. The minimum absolute atomic E-state index is 0.00709. The number of hydrogen-bond acceptors (Lipinski definition) is 4. The second kappa shape index (κ2) is 7.78. The summed E-state index contributed by atoms with van der Waals surface area (Å²) in [5.41, 5.74) is 1.77. The Kier molecular flexibility index (Phi) is 5.48. The molecule has 0 aromatic heterocycles. The van der Waals surface area contributed by atoms with E-state index in [1.807, 2.05) is 17.0 Å². The van der Waals surface area contributed by atoms with Crippen LogP contribution < -0.4 is 14.4 Å². The smallest absolute Gasteiger partial charge is 0.254 e. The van der Waals surface area contributed by atoms with E-state index < -0.39 is 0 Å². The summed E-state index contributed by atoms with van der Waals surface area (Å²) in [6.07, 6.45) is 0. The highest BCUT2D eigenvalue weighted by molar-refractivity contribution is 9.10. The fraction of sp³-hybridized carbons (Fsp3) is 0.316. The van der Waals surface area contributed by atoms with Crippen molar-refractivity contribution in [1.29, 1.82) is 0 Å². The second-order valence-electron chi connectivity index (χ2n) is 5.86. The summed E-state index contributed by atoms with van der Waals surface area (Å²) in [6, 6.07) is 13.5. The Morgan fingerprint density at radius 3 is 2.00 bits per heavy atom. The first-order chi connectivity index (χ1) is 12.1. The summed E-state index contributed by atoms with van der Waals surface area (Å²) in [7, 11) is 3.17. The summed E-state index contributed by atoms with van der Waals surface area (Å²) >= 11 is 3.46. The van der Waals surface area contributed by atoms with Crippen LogP contribution in [0.1, 0.15) is 10.4 Å². The third-order valence-electron chi connectivity index (χ3n) is 4.36. The second-order valence-corrected chi connectivity index (χ2v) is 6.77. The molecule has 1 amide bonds. The fourth-order valence-corrected chi connectivity index (χ4v) is 3.20. The van der Waals surface area contributed by atoms with Gasteiger partial charge in [0.2, 0.25) is 0 Å². The van der Waals surface area contributed by atoms with Gasteiger partial charge in [-0.2, -0.15) is 0 Å². The minimum atomic E-state index is 0.00709. The van der Waals surface area contributed by atoms with Crippen LogP contribution in [0, 0.1) is 0 Å². The Balaban J connectivity index is 1.68. The number of hydrogen-bond donors (Lipinski definition) is 0. The van der Waals surface area contributed by atoms with Crippen LogP contribution in [0.4, 0.5) is 5.69 Å². The lowest BCUT2D eigenvalue weighted by atomic mass is 10.1. The van der Waals surface area contributed by atoms with Gasteiger partial charge in [-0.3, -0.25) is 4.79 Å². The van der Waals surface area contributed by atoms with E-state index in [9.17, 15) is 4.79 Å². The molecule has 1 aliphatic rings. The lowest BCUT2D eigenvalue weighted by Gasteiger charge is -2.36. The van der Waals surface area contributed by atoms with Crippen molar-refractivity contribution in [1.82, 2.24) is 4.90 Å². The highest BCUT2D eigenvalue weighted by Crippen LogP contribution is 2.25. The predicted octanol–water partition coefficient (Wildman–Crippen LogP) is 3.43. The van der Waals surface area contributed by atoms with Gasteiger partial charge in [0, 0.05) is 48.0 Å². The van der Waals surface area contributed by atoms with Gasteiger partial charge in [0.15, 0.2) is 0 Å². The monoisotopic (exact) mass is 404 g/mol. The molecule has 0 saturated carbocycles.